The SMILES string of the molecule is N#Cc1cc([N+](=O)[O-])cnc1NC1(CO)CCCC1. The van der Waals surface area contributed by atoms with Crippen LogP contribution >= 0.6 is 0 Å². The Morgan fingerprint density at radius 2 is 2.26 bits per heavy atom. The topological polar surface area (TPSA) is 112 Å². The Bertz CT molecular complexity index is 532. The number of hydrogen-bond acceptors (Lipinski definition) is 6. The lowest BCUT2D eigenvalue weighted by molar-refractivity contribution is -0.385. The summed E-state index contributed by atoms with van der Waals surface area (Å²) < 4.78 is 0. The third-order valence-corrected chi connectivity index (χ3v) is 3.45. The molecule has 1 saturated carbocycles. The Morgan fingerprint density at radius 1 is 1.58 bits per heavy atom. The number of hydrogen-bond donors (Lipinski definition) is 2. The van der Waals surface area contributed by atoms with E-state index in [2.05, 4.69) is 10.3 Å². The van der Waals surface area contributed by atoms with E-state index in [-0.39, 0.29) is 17.9 Å². The first-order valence-corrected chi connectivity index (χ1v) is 6.04. The maximum Gasteiger partial charge on any atom is 0.289 e. The van der Waals surface area contributed by atoms with Crippen molar-refractivity contribution in [2.24, 2.45) is 0 Å². The van der Waals surface area contributed by atoms with E-state index >= 15 is 0 Å². The van der Waals surface area contributed by atoms with Crippen molar-refractivity contribution in [1.82, 2.24) is 4.98 Å². The Morgan fingerprint density at radius 3 is 2.79 bits per heavy atom. The number of nitro groups is 1. The molecule has 0 aliphatic heterocycles. The Kier molecular flexibility index (Phi) is 3.62. The average Bonchev–Trinajstić information content (AvgIpc) is 2.88. The van der Waals surface area contributed by atoms with Gasteiger partial charge in [-0.3, -0.25) is 10.1 Å². The van der Waals surface area contributed by atoms with Crippen molar-refractivity contribution < 1.29 is 10.0 Å². The first kappa shape index (κ1) is 13.2. The minimum Gasteiger partial charge on any atom is -0.394 e. The van der Waals surface area contributed by atoms with Gasteiger partial charge in [0.1, 0.15) is 23.6 Å². The smallest absolute Gasteiger partial charge is 0.289 e. The van der Waals surface area contributed by atoms with Crippen molar-refractivity contribution in [1.29, 1.82) is 5.26 Å². The Labute approximate surface area is 110 Å². The Balaban J connectivity index is 2.30. The first-order chi connectivity index (χ1) is 9.10. The quantitative estimate of drug-likeness (QED) is 0.629. The van der Waals surface area contributed by atoms with Crippen LogP contribution in [-0.4, -0.2) is 27.2 Å². The first-order valence-electron chi connectivity index (χ1n) is 6.04. The number of aromatic nitrogens is 1. The van der Waals surface area contributed by atoms with E-state index < -0.39 is 10.5 Å². The predicted octanol–water partition coefficient (Wildman–Crippen LogP) is 1.58. The van der Waals surface area contributed by atoms with Crippen molar-refractivity contribution in [3.05, 3.63) is 27.9 Å². The average molecular weight is 262 g/mol. The zero-order valence-electron chi connectivity index (χ0n) is 10.3. The summed E-state index contributed by atoms with van der Waals surface area (Å²) >= 11 is 0. The molecule has 0 amide bonds. The van der Waals surface area contributed by atoms with E-state index in [0.717, 1.165) is 31.9 Å². The van der Waals surface area contributed by atoms with Crippen LogP contribution in [0.4, 0.5) is 11.5 Å². The molecule has 0 radical (unpaired) electrons. The van der Waals surface area contributed by atoms with E-state index in [0.29, 0.717) is 5.82 Å². The molecule has 7 heteroatoms. The highest BCUT2D eigenvalue weighted by atomic mass is 16.6. The summed E-state index contributed by atoms with van der Waals surface area (Å²) in [6.45, 7) is -0.0451. The number of aliphatic hydroxyl groups is 1. The minimum absolute atomic E-state index is 0.0451. The third-order valence-electron chi connectivity index (χ3n) is 3.45. The molecule has 1 fully saturated rings. The van der Waals surface area contributed by atoms with Crippen molar-refractivity contribution in [3.8, 4) is 6.07 Å². The number of nitriles is 1. The van der Waals surface area contributed by atoms with Crippen LogP contribution in [0.15, 0.2) is 12.3 Å². The van der Waals surface area contributed by atoms with Crippen LogP contribution in [-0.2, 0) is 0 Å². The predicted molar refractivity (Wildman–Crippen MR) is 67.5 cm³/mol. The number of pyridine rings is 1. The van der Waals surface area contributed by atoms with Gasteiger partial charge in [0.2, 0.25) is 0 Å². The van der Waals surface area contributed by atoms with Crippen LogP contribution in [0.1, 0.15) is 31.2 Å². The summed E-state index contributed by atoms with van der Waals surface area (Å²) in [5.41, 5.74) is -0.560. The van der Waals surface area contributed by atoms with E-state index in [4.69, 9.17) is 5.26 Å². The van der Waals surface area contributed by atoms with Crippen LogP contribution in [0.3, 0.4) is 0 Å². The molecular formula is C12H14N4O3. The van der Waals surface area contributed by atoms with E-state index in [1.165, 1.54) is 6.07 Å². The molecule has 0 aromatic carbocycles. The third kappa shape index (κ3) is 2.63. The monoisotopic (exact) mass is 262 g/mol. The maximum atomic E-state index is 10.6. The van der Waals surface area contributed by atoms with Crippen LogP contribution in [0.5, 0.6) is 0 Å². The lowest BCUT2D eigenvalue weighted by Gasteiger charge is -2.28. The summed E-state index contributed by atoms with van der Waals surface area (Å²) in [6.07, 6.45) is 4.72. The highest BCUT2D eigenvalue weighted by molar-refractivity contribution is 5.56. The van der Waals surface area contributed by atoms with Crippen LogP contribution in [0.25, 0.3) is 0 Å². The van der Waals surface area contributed by atoms with Crippen molar-refractivity contribution in [2.45, 2.75) is 31.2 Å². The van der Waals surface area contributed by atoms with E-state index in [1.54, 1.807) is 0 Å². The van der Waals surface area contributed by atoms with Gasteiger partial charge in [-0.05, 0) is 12.8 Å². The summed E-state index contributed by atoms with van der Waals surface area (Å²) in [7, 11) is 0. The molecule has 100 valence electrons. The summed E-state index contributed by atoms with van der Waals surface area (Å²) in [5, 5.41) is 32.3. The van der Waals surface area contributed by atoms with Gasteiger partial charge < -0.3 is 10.4 Å². The van der Waals surface area contributed by atoms with Gasteiger partial charge in [0, 0.05) is 6.07 Å². The molecule has 19 heavy (non-hydrogen) atoms. The van der Waals surface area contributed by atoms with E-state index in [1.807, 2.05) is 6.07 Å². The fourth-order valence-corrected chi connectivity index (χ4v) is 2.36. The number of aliphatic hydroxyl groups excluding tert-OH is 1. The molecule has 0 bridgehead atoms. The molecule has 1 aromatic heterocycles. The summed E-state index contributed by atoms with van der Waals surface area (Å²) in [4.78, 5) is 14.0. The van der Waals surface area contributed by atoms with Gasteiger partial charge >= 0.3 is 0 Å². The highest BCUT2D eigenvalue weighted by Crippen LogP contribution is 2.33. The second-order valence-corrected chi connectivity index (χ2v) is 4.73. The number of nitrogens with one attached hydrogen (secondary N) is 1. The second kappa shape index (κ2) is 5.20. The lowest BCUT2D eigenvalue weighted by Crippen LogP contribution is -2.39. The number of nitrogens with zero attached hydrogens (tertiary/aromatic N) is 3. The van der Waals surface area contributed by atoms with Gasteiger partial charge in [0.15, 0.2) is 0 Å². The molecule has 7 nitrogen and oxygen atoms in total. The van der Waals surface area contributed by atoms with Crippen LogP contribution < -0.4 is 5.32 Å². The molecule has 1 aliphatic rings. The summed E-state index contributed by atoms with van der Waals surface area (Å²) in [5.74, 6) is 0.295. The molecule has 2 rings (SSSR count). The van der Waals surface area contributed by atoms with Crippen LogP contribution in [0.2, 0.25) is 0 Å². The number of rotatable bonds is 4. The summed E-state index contributed by atoms with van der Waals surface area (Å²) in [6, 6.07) is 3.08. The molecule has 0 unspecified atom stereocenters. The van der Waals surface area contributed by atoms with Crippen molar-refractivity contribution in [3.63, 3.8) is 0 Å². The fourth-order valence-electron chi connectivity index (χ4n) is 2.36. The van der Waals surface area contributed by atoms with Gasteiger partial charge in [-0.1, -0.05) is 12.8 Å². The van der Waals surface area contributed by atoms with Gasteiger partial charge in [-0.15, -0.1) is 0 Å². The van der Waals surface area contributed by atoms with Crippen LogP contribution in [0, 0.1) is 21.4 Å². The lowest BCUT2D eigenvalue weighted by atomic mass is 9.98. The van der Waals surface area contributed by atoms with Gasteiger partial charge in [-0.2, -0.15) is 5.26 Å². The van der Waals surface area contributed by atoms with Gasteiger partial charge in [0.25, 0.3) is 5.69 Å². The highest BCUT2D eigenvalue weighted by Gasteiger charge is 2.34. The normalized spacial score (nSPS) is 16.8. The molecule has 0 saturated heterocycles. The van der Waals surface area contributed by atoms with E-state index in [9.17, 15) is 15.2 Å². The minimum atomic E-state index is -0.588. The van der Waals surface area contributed by atoms with Gasteiger partial charge in [0.05, 0.1) is 17.1 Å². The van der Waals surface area contributed by atoms with Crippen molar-refractivity contribution >= 4 is 11.5 Å². The Hall–Kier alpha value is -2.20. The molecule has 0 spiro atoms. The van der Waals surface area contributed by atoms with Crippen molar-refractivity contribution in [2.75, 3.05) is 11.9 Å². The molecule has 1 aromatic rings. The zero-order chi connectivity index (χ0) is 13.9. The molecule has 2 N–H and O–H groups in total. The zero-order valence-corrected chi connectivity index (χ0v) is 10.3. The largest absolute Gasteiger partial charge is 0.394 e. The second-order valence-electron chi connectivity index (χ2n) is 4.73. The van der Waals surface area contributed by atoms with Gasteiger partial charge in [-0.25, -0.2) is 4.98 Å². The molecular weight excluding hydrogens is 248 g/mol. The number of anilines is 1. The standard InChI is InChI=1S/C12H14N4O3/c13-6-9-5-10(16(18)19)7-14-11(9)15-12(8-17)3-1-2-4-12/h5,7,17H,1-4,8H2,(H,14,15). The molecule has 1 heterocycles. The molecule has 0 atom stereocenters. The fraction of sp³-hybridized carbons (Fsp3) is 0.500. The molecule has 1 aliphatic carbocycles. The maximum absolute atomic E-state index is 10.6.